The number of hydrogen-bond acceptors (Lipinski definition) is 6. The fourth-order valence-electron chi connectivity index (χ4n) is 1.68. The Morgan fingerprint density at radius 3 is 2.73 bits per heavy atom. The fourth-order valence-corrected chi connectivity index (χ4v) is 2.28. The molecule has 0 radical (unpaired) electrons. The van der Waals surface area contributed by atoms with Crippen LogP contribution >= 0.6 is 0 Å². The van der Waals surface area contributed by atoms with E-state index in [1.807, 2.05) is 0 Å². The van der Waals surface area contributed by atoms with E-state index in [1.165, 1.54) is 0 Å². The molecule has 2 fully saturated rings. The molecule has 15 heavy (non-hydrogen) atoms. The van der Waals surface area contributed by atoms with Crippen molar-refractivity contribution in [1.29, 1.82) is 0 Å². The van der Waals surface area contributed by atoms with Crippen molar-refractivity contribution in [3.8, 4) is 0 Å². The van der Waals surface area contributed by atoms with E-state index >= 15 is 0 Å². The van der Waals surface area contributed by atoms with Crippen LogP contribution in [0.25, 0.3) is 0 Å². The Labute approximate surface area is 109 Å². The zero-order valence-electron chi connectivity index (χ0n) is 8.12. The van der Waals surface area contributed by atoms with Gasteiger partial charge < -0.3 is 19.1 Å². The van der Waals surface area contributed by atoms with E-state index in [4.69, 9.17) is 9.47 Å². The first-order chi connectivity index (χ1) is 6.46. The van der Waals surface area contributed by atoms with Crippen LogP contribution in [0, 0.1) is 0 Å². The summed E-state index contributed by atoms with van der Waals surface area (Å²) in [6.45, 7) is 0.318. The summed E-state index contributed by atoms with van der Waals surface area (Å²) in [7, 11) is -4.60. The second-order valence-corrected chi connectivity index (χ2v) is 4.50. The van der Waals surface area contributed by atoms with Crippen LogP contribution in [0.3, 0.4) is 0 Å². The fraction of sp³-hybridized carbons (Fsp3) is 1.00. The average Bonchev–Trinajstić information content (AvgIpc) is 2.41. The number of hydrogen-bond donors (Lipinski definition) is 2. The first-order valence-corrected chi connectivity index (χ1v) is 5.55. The maximum atomic E-state index is 10.4. The van der Waals surface area contributed by atoms with Crippen LogP contribution in [-0.2, 0) is 19.8 Å². The van der Waals surface area contributed by atoms with Crippen LogP contribution in [0.15, 0.2) is 0 Å². The molecule has 2 rings (SSSR count). The molecule has 0 aromatic rings. The molecule has 82 valence electrons. The van der Waals surface area contributed by atoms with Crippen molar-refractivity contribution < 1.29 is 57.1 Å². The Morgan fingerprint density at radius 2 is 2.13 bits per heavy atom. The number of aliphatic hydroxyl groups excluding tert-OH is 1. The van der Waals surface area contributed by atoms with E-state index in [0.717, 1.165) is 0 Å². The van der Waals surface area contributed by atoms with Gasteiger partial charge in [-0.15, -0.1) is 0 Å². The van der Waals surface area contributed by atoms with Crippen LogP contribution in [-0.4, -0.2) is 49.2 Å². The van der Waals surface area contributed by atoms with Crippen molar-refractivity contribution in [2.75, 3.05) is 6.61 Å². The molecule has 0 aromatic carbocycles. The quantitative estimate of drug-likeness (QED) is 0.373. The van der Waals surface area contributed by atoms with Gasteiger partial charge in [-0.05, 0) is 0 Å². The van der Waals surface area contributed by atoms with Gasteiger partial charge in [-0.2, -0.15) is 0 Å². The Hall–Kier alpha value is 0.750. The second kappa shape index (κ2) is 4.94. The molecule has 7 nitrogen and oxygen atoms in total. The molecule has 0 aromatic heterocycles. The molecule has 2 aliphatic heterocycles. The molecule has 0 aliphatic carbocycles. The normalized spacial score (nSPS) is 39.9. The molecule has 0 amide bonds. The maximum Gasteiger partial charge on any atom is 1.00 e. The van der Waals surface area contributed by atoms with Gasteiger partial charge in [-0.3, -0.25) is 0 Å². The van der Waals surface area contributed by atoms with Crippen molar-refractivity contribution >= 4 is 10.3 Å². The minimum Gasteiger partial charge on any atom is -0.735 e. The topological polar surface area (TPSA) is 108 Å². The maximum absolute atomic E-state index is 10.4. The van der Waals surface area contributed by atoms with E-state index < -0.39 is 28.7 Å². The van der Waals surface area contributed by atoms with Gasteiger partial charge in [-0.25, -0.2) is 13.1 Å². The molecule has 2 heterocycles. The van der Waals surface area contributed by atoms with Gasteiger partial charge in [-0.1, -0.05) is 0 Å². The minimum atomic E-state index is -4.60. The molecule has 0 saturated carbocycles. The summed E-state index contributed by atoms with van der Waals surface area (Å²) in [4.78, 5) is 0. The standard InChI is InChI=1S/C6H11NO6S.Na/c8-4-1-3-2-12-6(13-3)5(4)7-14(9,10)11;/h3-8H,1-2H2,(H,9,10,11);/q;+1/p-1/t3?,4-,5?,6?;/m0./s1. The van der Waals surface area contributed by atoms with Crippen LogP contribution in [0.4, 0.5) is 0 Å². The van der Waals surface area contributed by atoms with Gasteiger partial charge in [0.2, 0.25) is 0 Å². The third kappa shape index (κ3) is 3.35. The predicted molar refractivity (Wildman–Crippen MR) is 41.9 cm³/mol. The minimum absolute atomic E-state index is 0. The number of rotatable bonds is 2. The van der Waals surface area contributed by atoms with E-state index in [0.29, 0.717) is 6.61 Å². The summed E-state index contributed by atoms with van der Waals surface area (Å²) in [6.07, 6.45) is -1.73. The number of fused-ring (bicyclic) bond motifs is 2. The number of nitrogens with one attached hydrogen (secondary N) is 1. The molecule has 3 unspecified atom stereocenters. The zero-order valence-corrected chi connectivity index (χ0v) is 10.9. The van der Waals surface area contributed by atoms with Gasteiger partial charge >= 0.3 is 29.6 Å². The van der Waals surface area contributed by atoms with Gasteiger partial charge in [0.1, 0.15) is 0 Å². The molecule has 2 saturated heterocycles. The summed E-state index contributed by atoms with van der Waals surface area (Å²) in [5.74, 6) is 0. The Balaban J connectivity index is 0.00000112. The SMILES string of the molecule is O=S(=O)([O-])NC1C2OCC(C[C@@H]1O)O2.[Na+]. The van der Waals surface area contributed by atoms with Gasteiger partial charge in [0, 0.05) is 6.42 Å². The zero-order chi connectivity index (χ0) is 10.3. The van der Waals surface area contributed by atoms with E-state index in [1.54, 1.807) is 4.72 Å². The van der Waals surface area contributed by atoms with Crippen LogP contribution in [0.1, 0.15) is 6.42 Å². The first-order valence-electron chi connectivity index (χ1n) is 4.14. The van der Waals surface area contributed by atoms with Crippen LogP contribution in [0.5, 0.6) is 0 Å². The van der Waals surface area contributed by atoms with Gasteiger partial charge in [0.25, 0.3) is 0 Å². The summed E-state index contributed by atoms with van der Waals surface area (Å²) in [5.41, 5.74) is 0. The average molecular weight is 247 g/mol. The molecule has 4 atom stereocenters. The smallest absolute Gasteiger partial charge is 0.735 e. The second-order valence-electron chi connectivity index (χ2n) is 3.36. The molecular formula is C6H10NNaO6S. The first kappa shape index (κ1) is 13.8. The molecule has 2 N–H and O–H groups in total. The van der Waals surface area contributed by atoms with Crippen molar-refractivity contribution in [3.05, 3.63) is 0 Å². The molecular weight excluding hydrogens is 237 g/mol. The third-order valence-corrected chi connectivity index (χ3v) is 2.83. The van der Waals surface area contributed by atoms with E-state index in [-0.39, 0.29) is 42.1 Å². The predicted octanol–water partition coefficient (Wildman–Crippen LogP) is -5.09. The van der Waals surface area contributed by atoms with Crippen molar-refractivity contribution in [2.45, 2.75) is 31.0 Å². The third-order valence-electron chi connectivity index (χ3n) is 2.27. The van der Waals surface area contributed by atoms with Gasteiger partial charge in [0.15, 0.2) is 16.6 Å². The Kier molecular flexibility index (Phi) is 4.55. The Morgan fingerprint density at radius 1 is 1.47 bits per heavy atom. The van der Waals surface area contributed by atoms with E-state index in [2.05, 4.69) is 0 Å². The van der Waals surface area contributed by atoms with Crippen LogP contribution in [0.2, 0.25) is 0 Å². The van der Waals surface area contributed by atoms with Gasteiger partial charge in [0.05, 0.1) is 24.9 Å². The molecule has 0 spiro atoms. The largest absolute Gasteiger partial charge is 1.00 e. The summed E-state index contributed by atoms with van der Waals surface area (Å²) in [5, 5.41) is 9.49. The summed E-state index contributed by atoms with van der Waals surface area (Å²) < 4.78 is 43.3. The number of ether oxygens (including phenoxy) is 2. The van der Waals surface area contributed by atoms with Crippen molar-refractivity contribution in [3.63, 3.8) is 0 Å². The number of aliphatic hydroxyl groups is 1. The summed E-state index contributed by atoms with van der Waals surface area (Å²) >= 11 is 0. The molecule has 2 bridgehead atoms. The Bertz CT molecular complexity index is 322. The van der Waals surface area contributed by atoms with Crippen LogP contribution < -0.4 is 34.3 Å². The van der Waals surface area contributed by atoms with Crippen molar-refractivity contribution in [2.24, 2.45) is 0 Å². The molecule has 2 aliphatic rings. The van der Waals surface area contributed by atoms with E-state index in [9.17, 15) is 18.1 Å². The monoisotopic (exact) mass is 247 g/mol. The van der Waals surface area contributed by atoms with Crippen molar-refractivity contribution in [1.82, 2.24) is 4.72 Å². The molecule has 9 heteroatoms. The summed E-state index contributed by atoms with van der Waals surface area (Å²) in [6, 6.07) is -1.00.